The topological polar surface area (TPSA) is 56.9 Å². The largest absolute Gasteiger partial charge is 0.507 e. The standard InChI is InChI=1S/C11H8N2OS/c1-7-13-6-11(15-7)9-4-8(5-12)2-3-10(9)14/h2-4,6,14H,1H3. The normalized spacial score (nSPS) is 9.87. The molecular weight excluding hydrogens is 208 g/mol. The molecule has 1 heterocycles. The highest BCUT2D eigenvalue weighted by Crippen LogP contribution is 2.33. The van der Waals surface area contributed by atoms with Gasteiger partial charge in [0.1, 0.15) is 5.75 Å². The van der Waals surface area contributed by atoms with E-state index in [1.165, 1.54) is 17.4 Å². The molecular formula is C11H8N2OS. The monoisotopic (exact) mass is 216 g/mol. The number of rotatable bonds is 1. The molecule has 0 aliphatic rings. The maximum Gasteiger partial charge on any atom is 0.124 e. The maximum absolute atomic E-state index is 9.66. The van der Waals surface area contributed by atoms with Gasteiger partial charge in [0.15, 0.2) is 0 Å². The van der Waals surface area contributed by atoms with Gasteiger partial charge in [-0.25, -0.2) is 4.98 Å². The molecule has 0 atom stereocenters. The van der Waals surface area contributed by atoms with Gasteiger partial charge < -0.3 is 5.11 Å². The average molecular weight is 216 g/mol. The first-order valence-electron chi connectivity index (χ1n) is 4.36. The van der Waals surface area contributed by atoms with E-state index in [4.69, 9.17) is 5.26 Å². The van der Waals surface area contributed by atoms with Gasteiger partial charge in [0.25, 0.3) is 0 Å². The Bertz CT molecular complexity index is 540. The van der Waals surface area contributed by atoms with Crippen LogP contribution in [0.15, 0.2) is 24.4 Å². The number of hydrogen-bond acceptors (Lipinski definition) is 4. The first-order valence-corrected chi connectivity index (χ1v) is 5.18. The van der Waals surface area contributed by atoms with Crippen LogP contribution in [0.2, 0.25) is 0 Å². The minimum absolute atomic E-state index is 0.178. The van der Waals surface area contributed by atoms with Crippen molar-refractivity contribution in [2.24, 2.45) is 0 Å². The van der Waals surface area contributed by atoms with Crippen molar-refractivity contribution >= 4 is 11.3 Å². The molecule has 1 aromatic heterocycles. The molecule has 0 amide bonds. The predicted molar refractivity (Wildman–Crippen MR) is 58.7 cm³/mol. The highest BCUT2D eigenvalue weighted by atomic mass is 32.1. The van der Waals surface area contributed by atoms with E-state index in [2.05, 4.69) is 4.98 Å². The molecule has 0 aliphatic carbocycles. The predicted octanol–water partition coefficient (Wildman–Crippen LogP) is 2.70. The fourth-order valence-electron chi connectivity index (χ4n) is 1.29. The van der Waals surface area contributed by atoms with Gasteiger partial charge in [0.2, 0.25) is 0 Å². The minimum atomic E-state index is 0.178. The van der Waals surface area contributed by atoms with Crippen molar-refractivity contribution in [3.8, 4) is 22.3 Å². The maximum atomic E-state index is 9.66. The smallest absolute Gasteiger partial charge is 0.124 e. The molecule has 4 heteroatoms. The molecule has 0 spiro atoms. The highest BCUT2D eigenvalue weighted by molar-refractivity contribution is 7.15. The Labute approximate surface area is 91.3 Å². The third kappa shape index (κ3) is 1.83. The molecule has 2 aromatic rings. The Morgan fingerprint density at radius 2 is 2.27 bits per heavy atom. The zero-order valence-electron chi connectivity index (χ0n) is 8.06. The number of hydrogen-bond donors (Lipinski definition) is 1. The first-order chi connectivity index (χ1) is 7.20. The van der Waals surface area contributed by atoms with Crippen LogP contribution < -0.4 is 0 Å². The van der Waals surface area contributed by atoms with Gasteiger partial charge in [-0.1, -0.05) is 0 Å². The summed E-state index contributed by atoms with van der Waals surface area (Å²) >= 11 is 1.49. The Morgan fingerprint density at radius 1 is 1.47 bits per heavy atom. The Kier molecular flexibility index (Phi) is 2.40. The minimum Gasteiger partial charge on any atom is -0.507 e. The van der Waals surface area contributed by atoms with Crippen LogP contribution in [0.5, 0.6) is 5.75 Å². The Balaban J connectivity index is 2.57. The van der Waals surface area contributed by atoms with Gasteiger partial charge in [-0.3, -0.25) is 0 Å². The van der Waals surface area contributed by atoms with Gasteiger partial charge in [-0.15, -0.1) is 11.3 Å². The van der Waals surface area contributed by atoms with Crippen molar-refractivity contribution in [3.63, 3.8) is 0 Å². The number of phenols is 1. The molecule has 15 heavy (non-hydrogen) atoms. The van der Waals surface area contributed by atoms with Gasteiger partial charge in [-0.05, 0) is 25.1 Å². The molecule has 74 valence electrons. The lowest BCUT2D eigenvalue weighted by Crippen LogP contribution is -1.78. The first kappa shape index (κ1) is 9.69. The van der Waals surface area contributed by atoms with Crippen LogP contribution in [0, 0.1) is 18.3 Å². The van der Waals surface area contributed by atoms with Crippen molar-refractivity contribution in [2.45, 2.75) is 6.92 Å². The van der Waals surface area contributed by atoms with E-state index in [1.807, 2.05) is 13.0 Å². The molecule has 3 nitrogen and oxygen atoms in total. The second-order valence-corrected chi connectivity index (χ2v) is 4.32. The van der Waals surface area contributed by atoms with Gasteiger partial charge in [0.05, 0.1) is 21.5 Å². The fourth-order valence-corrected chi connectivity index (χ4v) is 2.09. The summed E-state index contributed by atoms with van der Waals surface area (Å²) in [6.07, 6.45) is 1.70. The number of nitriles is 1. The third-order valence-corrected chi connectivity index (χ3v) is 2.96. The van der Waals surface area contributed by atoms with E-state index < -0.39 is 0 Å². The van der Waals surface area contributed by atoms with Crippen LogP contribution in [0.3, 0.4) is 0 Å². The number of benzene rings is 1. The second-order valence-electron chi connectivity index (χ2n) is 3.09. The van der Waals surface area contributed by atoms with Gasteiger partial charge in [0, 0.05) is 11.8 Å². The molecule has 1 N–H and O–H groups in total. The van der Waals surface area contributed by atoms with Crippen molar-refractivity contribution in [1.82, 2.24) is 4.98 Å². The Hall–Kier alpha value is -1.86. The summed E-state index contributed by atoms with van der Waals surface area (Å²) < 4.78 is 0. The average Bonchev–Trinajstić information content (AvgIpc) is 2.65. The van der Waals surface area contributed by atoms with E-state index in [0.29, 0.717) is 11.1 Å². The molecule has 0 fully saturated rings. The van der Waals surface area contributed by atoms with Gasteiger partial charge in [-0.2, -0.15) is 5.26 Å². The number of phenolic OH excluding ortho intramolecular Hbond substituents is 1. The second kappa shape index (κ2) is 3.71. The number of aromatic hydroxyl groups is 1. The van der Waals surface area contributed by atoms with Crippen molar-refractivity contribution < 1.29 is 5.11 Å². The lowest BCUT2D eigenvalue weighted by molar-refractivity contribution is 0.477. The quantitative estimate of drug-likeness (QED) is 0.797. The van der Waals surface area contributed by atoms with Crippen LogP contribution >= 0.6 is 11.3 Å². The summed E-state index contributed by atoms with van der Waals surface area (Å²) in [6.45, 7) is 1.90. The van der Waals surface area contributed by atoms with E-state index >= 15 is 0 Å². The number of thiazole rings is 1. The summed E-state index contributed by atoms with van der Waals surface area (Å²) in [5.74, 6) is 0.178. The summed E-state index contributed by atoms with van der Waals surface area (Å²) in [5.41, 5.74) is 1.20. The van der Waals surface area contributed by atoms with Gasteiger partial charge >= 0.3 is 0 Å². The van der Waals surface area contributed by atoms with E-state index in [-0.39, 0.29) is 5.75 Å². The van der Waals surface area contributed by atoms with Crippen molar-refractivity contribution in [2.75, 3.05) is 0 Å². The molecule has 0 radical (unpaired) electrons. The molecule has 0 bridgehead atoms. The third-order valence-electron chi connectivity index (χ3n) is 2.01. The molecule has 0 unspecified atom stereocenters. The molecule has 1 aromatic carbocycles. The van der Waals surface area contributed by atoms with E-state index in [9.17, 15) is 5.11 Å². The van der Waals surface area contributed by atoms with Crippen LogP contribution in [0.25, 0.3) is 10.4 Å². The van der Waals surface area contributed by atoms with E-state index in [0.717, 1.165) is 9.88 Å². The summed E-state index contributed by atoms with van der Waals surface area (Å²) in [5, 5.41) is 19.4. The summed E-state index contributed by atoms with van der Waals surface area (Å²) in [6, 6.07) is 6.83. The summed E-state index contributed by atoms with van der Waals surface area (Å²) in [4.78, 5) is 4.99. The number of aryl methyl sites for hydroxylation is 1. The van der Waals surface area contributed by atoms with Crippen molar-refractivity contribution in [3.05, 3.63) is 35.0 Å². The Morgan fingerprint density at radius 3 is 2.87 bits per heavy atom. The van der Waals surface area contributed by atoms with Crippen molar-refractivity contribution in [1.29, 1.82) is 5.26 Å². The highest BCUT2D eigenvalue weighted by Gasteiger charge is 2.08. The number of nitrogens with zero attached hydrogens (tertiary/aromatic N) is 2. The van der Waals surface area contributed by atoms with E-state index in [1.54, 1.807) is 18.3 Å². The molecule has 0 saturated heterocycles. The van der Waals surface area contributed by atoms with Crippen LogP contribution in [-0.4, -0.2) is 10.1 Å². The summed E-state index contributed by atoms with van der Waals surface area (Å²) in [7, 11) is 0. The SMILES string of the molecule is Cc1ncc(-c2cc(C#N)ccc2O)s1. The van der Waals surface area contributed by atoms with Crippen LogP contribution in [0.4, 0.5) is 0 Å². The number of aromatic nitrogens is 1. The van der Waals surface area contributed by atoms with Crippen LogP contribution in [0.1, 0.15) is 10.6 Å². The lowest BCUT2D eigenvalue weighted by atomic mass is 10.1. The zero-order chi connectivity index (χ0) is 10.8. The zero-order valence-corrected chi connectivity index (χ0v) is 8.88. The molecule has 2 rings (SSSR count). The van der Waals surface area contributed by atoms with Crippen LogP contribution in [-0.2, 0) is 0 Å². The lowest BCUT2D eigenvalue weighted by Gasteiger charge is -2.00. The molecule has 0 aliphatic heterocycles. The fraction of sp³-hybridized carbons (Fsp3) is 0.0909. The molecule has 0 saturated carbocycles.